The highest BCUT2D eigenvalue weighted by Crippen LogP contribution is 2.34. The van der Waals surface area contributed by atoms with Gasteiger partial charge in [-0.15, -0.1) is 0 Å². The van der Waals surface area contributed by atoms with Crippen LogP contribution >= 0.6 is 0 Å². The molecule has 0 atom stereocenters. The van der Waals surface area contributed by atoms with Gasteiger partial charge in [0.05, 0.1) is 11.3 Å². The highest BCUT2D eigenvalue weighted by Gasteiger charge is 2.29. The van der Waals surface area contributed by atoms with Gasteiger partial charge in [-0.2, -0.15) is 0 Å². The summed E-state index contributed by atoms with van der Waals surface area (Å²) in [6, 6.07) is 5.92. The molecule has 35 heavy (non-hydrogen) atoms. The quantitative estimate of drug-likeness (QED) is 0.335. The minimum atomic E-state index is -0.587. The number of aromatic nitrogens is 2. The average molecular weight is 487 g/mol. The van der Waals surface area contributed by atoms with E-state index in [0.717, 1.165) is 36.7 Å². The van der Waals surface area contributed by atoms with Gasteiger partial charge < -0.3 is 24.4 Å². The van der Waals surface area contributed by atoms with Gasteiger partial charge in [-0.3, -0.25) is 19.8 Å². The van der Waals surface area contributed by atoms with Crippen LogP contribution in [0.25, 0.3) is 0 Å². The summed E-state index contributed by atoms with van der Waals surface area (Å²) in [6.07, 6.45) is 1.36. The third-order valence-corrected chi connectivity index (χ3v) is 5.54. The van der Waals surface area contributed by atoms with E-state index in [9.17, 15) is 14.9 Å². The SMILES string of the molecule is CC(C)(C)OC(=O)CCNc1ncnc(N2CCN(Cc3ccc4c(c3)OCO4)CC2)c1[N+](=O)[O-]. The Morgan fingerprint density at radius 3 is 2.63 bits per heavy atom. The lowest BCUT2D eigenvalue weighted by molar-refractivity contribution is -0.383. The van der Waals surface area contributed by atoms with Crippen LogP contribution in [0.1, 0.15) is 32.8 Å². The van der Waals surface area contributed by atoms with Crippen molar-refractivity contribution in [2.45, 2.75) is 39.3 Å². The van der Waals surface area contributed by atoms with Crippen LogP contribution in [0.15, 0.2) is 24.5 Å². The van der Waals surface area contributed by atoms with E-state index in [-0.39, 0.29) is 43.1 Å². The van der Waals surface area contributed by atoms with Crippen molar-refractivity contribution in [2.75, 3.05) is 49.7 Å². The number of rotatable bonds is 8. The highest BCUT2D eigenvalue weighted by molar-refractivity contribution is 5.73. The van der Waals surface area contributed by atoms with Crippen molar-refractivity contribution in [1.82, 2.24) is 14.9 Å². The van der Waals surface area contributed by atoms with Gasteiger partial charge in [0, 0.05) is 39.3 Å². The third-order valence-electron chi connectivity index (χ3n) is 5.54. The minimum Gasteiger partial charge on any atom is -0.460 e. The van der Waals surface area contributed by atoms with Crippen LogP contribution in [-0.4, -0.2) is 70.9 Å². The Kier molecular flexibility index (Phi) is 7.20. The number of benzene rings is 1. The lowest BCUT2D eigenvalue weighted by Crippen LogP contribution is -2.46. The summed E-state index contributed by atoms with van der Waals surface area (Å²) < 4.78 is 16.1. The second-order valence-corrected chi connectivity index (χ2v) is 9.37. The molecule has 1 aromatic carbocycles. The fourth-order valence-corrected chi connectivity index (χ4v) is 3.99. The number of piperazine rings is 1. The minimum absolute atomic E-state index is 0.0618. The molecular weight excluding hydrogens is 456 g/mol. The molecule has 0 spiro atoms. The molecule has 1 fully saturated rings. The number of fused-ring (bicyclic) bond motifs is 1. The summed E-state index contributed by atoms with van der Waals surface area (Å²) in [5.74, 6) is 1.48. The van der Waals surface area contributed by atoms with Gasteiger partial charge >= 0.3 is 11.7 Å². The van der Waals surface area contributed by atoms with E-state index in [2.05, 4.69) is 20.2 Å². The zero-order valence-electron chi connectivity index (χ0n) is 20.2. The lowest BCUT2D eigenvalue weighted by atomic mass is 10.1. The number of esters is 1. The second-order valence-electron chi connectivity index (χ2n) is 9.37. The third kappa shape index (κ3) is 6.27. The van der Waals surface area contributed by atoms with E-state index in [1.807, 2.05) is 23.1 Å². The Morgan fingerprint density at radius 1 is 1.17 bits per heavy atom. The Balaban J connectivity index is 1.36. The molecule has 0 bridgehead atoms. The van der Waals surface area contributed by atoms with Gasteiger partial charge in [-0.25, -0.2) is 9.97 Å². The van der Waals surface area contributed by atoms with Crippen LogP contribution in [0.4, 0.5) is 17.3 Å². The molecule has 12 heteroatoms. The first-order valence-corrected chi connectivity index (χ1v) is 11.5. The van der Waals surface area contributed by atoms with E-state index in [1.165, 1.54) is 6.33 Å². The lowest BCUT2D eigenvalue weighted by Gasteiger charge is -2.35. The van der Waals surface area contributed by atoms with Crippen LogP contribution in [-0.2, 0) is 16.1 Å². The number of carbonyl (C=O) groups is 1. The zero-order chi connectivity index (χ0) is 25.0. The van der Waals surface area contributed by atoms with E-state index >= 15 is 0 Å². The number of nitrogens with zero attached hydrogens (tertiary/aromatic N) is 5. The number of nitro groups is 1. The van der Waals surface area contributed by atoms with Crippen LogP contribution in [0.2, 0.25) is 0 Å². The number of carbonyl (C=O) groups excluding carboxylic acids is 1. The van der Waals surface area contributed by atoms with Gasteiger partial charge in [-0.05, 0) is 38.5 Å². The molecule has 188 valence electrons. The molecule has 2 aliphatic heterocycles. The molecule has 0 aliphatic carbocycles. The van der Waals surface area contributed by atoms with Gasteiger partial charge in [0.1, 0.15) is 11.9 Å². The first-order valence-electron chi connectivity index (χ1n) is 11.5. The predicted octanol–water partition coefficient (Wildman–Crippen LogP) is 2.58. The number of anilines is 2. The molecule has 0 radical (unpaired) electrons. The van der Waals surface area contributed by atoms with Gasteiger partial charge in [0.2, 0.25) is 18.4 Å². The van der Waals surface area contributed by atoms with Crippen molar-refractivity contribution >= 4 is 23.3 Å². The van der Waals surface area contributed by atoms with Crippen molar-refractivity contribution < 1.29 is 23.9 Å². The number of ether oxygens (including phenoxy) is 3. The van der Waals surface area contributed by atoms with Crippen LogP contribution in [0, 0.1) is 10.1 Å². The summed E-state index contributed by atoms with van der Waals surface area (Å²) in [5, 5.41) is 14.8. The summed E-state index contributed by atoms with van der Waals surface area (Å²) in [5.41, 5.74) is 0.337. The zero-order valence-corrected chi connectivity index (χ0v) is 20.2. The fraction of sp³-hybridized carbons (Fsp3) is 0.522. The summed E-state index contributed by atoms with van der Waals surface area (Å²) in [6.45, 7) is 9.11. The molecule has 1 aromatic heterocycles. The predicted molar refractivity (Wildman–Crippen MR) is 128 cm³/mol. The number of nitrogens with one attached hydrogen (secondary N) is 1. The van der Waals surface area contributed by atoms with Gasteiger partial charge in [-0.1, -0.05) is 6.07 Å². The summed E-state index contributed by atoms with van der Waals surface area (Å²) in [4.78, 5) is 35.8. The number of hydrogen-bond donors (Lipinski definition) is 1. The second kappa shape index (κ2) is 10.3. The van der Waals surface area contributed by atoms with E-state index < -0.39 is 10.5 Å². The van der Waals surface area contributed by atoms with Crippen molar-refractivity contribution in [3.05, 3.63) is 40.2 Å². The molecular formula is C23H30N6O6. The monoisotopic (exact) mass is 486 g/mol. The Bertz CT molecular complexity index is 1080. The molecule has 0 amide bonds. The van der Waals surface area contributed by atoms with Crippen molar-refractivity contribution in [3.63, 3.8) is 0 Å². The fourth-order valence-electron chi connectivity index (χ4n) is 3.99. The molecule has 4 rings (SSSR count). The van der Waals surface area contributed by atoms with Crippen LogP contribution in [0.5, 0.6) is 11.5 Å². The maximum atomic E-state index is 11.9. The smallest absolute Gasteiger partial charge is 0.353 e. The molecule has 0 unspecified atom stereocenters. The molecule has 12 nitrogen and oxygen atoms in total. The van der Waals surface area contributed by atoms with Crippen LogP contribution < -0.4 is 19.7 Å². The Morgan fingerprint density at radius 2 is 1.91 bits per heavy atom. The first kappa shape index (κ1) is 24.5. The van der Waals surface area contributed by atoms with Crippen molar-refractivity contribution in [1.29, 1.82) is 0 Å². The average Bonchev–Trinajstić information content (AvgIpc) is 3.26. The molecule has 2 aromatic rings. The molecule has 3 heterocycles. The summed E-state index contributed by atoms with van der Waals surface area (Å²) >= 11 is 0. The van der Waals surface area contributed by atoms with E-state index in [0.29, 0.717) is 13.1 Å². The van der Waals surface area contributed by atoms with Crippen molar-refractivity contribution in [2.24, 2.45) is 0 Å². The standard InChI is InChI=1S/C23H30N6O6/c1-23(2,3)35-19(30)6-7-24-21-20(29(31)32)22(26-14-25-21)28-10-8-27(9-11-28)13-16-4-5-17-18(12-16)34-15-33-17/h4-5,12,14H,6-11,13,15H2,1-3H3,(H,24,25,26). The molecule has 1 saturated heterocycles. The van der Waals surface area contributed by atoms with Gasteiger partial charge in [0.15, 0.2) is 11.5 Å². The summed E-state index contributed by atoms with van der Waals surface area (Å²) in [7, 11) is 0. The normalized spacial score (nSPS) is 15.7. The van der Waals surface area contributed by atoms with Crippen LogP contribution in [0.3, 0.4) is 0 Å². The first-order chi connectivity index (χ1) is 16.7. The highest BCUT2D eigenvalue weighted by atomic mass is 16.7. The topological polar surface area (TPSA) is 132 Å². The Hall–Kier alpha value is -3.67. The number of hydrogen-bond acceptors (Lipinski definition) is 11. The maximum Gasteiger partial charge on any atom is 0.353 e. The largest absolute Gasteiger partial charge is 0.460 e. The Labute approximate surface area is 203 Å². The van der Waals surface area contributed by atoms with Crippen molar-refractivity contribution in [3.8, 4) is 11.5 Å². The molecule has 2 aliphatic rings. The maximum absolute atomic E-state index is 11.9. The molecule has 0 saturated carbocycles. The van der Waals surface area contributed by atoms with E-state index in [4.69, 9.17) is 14.2 Å². The molecule has 1 N–H and O–H groups in total. The van der Waals surface area contributed by atoms with E-state index in [1.54, 1.807) is 20.8 Å². The van der Waals surface area contributed by atoms with Gasteiger partial charge in [0.25, 0.3) is 0 Å².